The number of nitrogens with one attached hydrogen (secondary N) is 1. The summed E-state index contributed by atoms with van der Waals surface area (Å²) in [6.07, 6.45) is 3.31. The van der Waals surface area contributed by atoms with Gasteiger partial charge in [0.05, 0.1) is 6.61 Å². The number of nitrogens with zero attached hydrogens (tertiary/aromatic N) is 2. The molecule has 2 rings (SSSR count). The molecule has 0 amide bonds. The monoisotopic (exact) mass is 183 g/mol. The average Bonchev–Trinajstić information content (AvgIpc) is 2.75. The first-order valence-electron chi connectivity index (χ1n) is 4.52. The molecular weight excluding hydrogens is 170 g/mol. The van der Waals surface area contributed by atoms with Crippen molar-refractivity contribution in [3.05, 3.63) is 12.2 Å². The summed E-state index contributed by atoms with van der Waals surface area (Å²) in [7, 11) is 0. The molecule has 5 nitrogen and oxygen atoms in total. The molecule has 1 aliphatic heterocycles. The van der Waals surface area contributed by atoms with Crippen molar-refractivity contribution in [3.63, 3.8) is 0 Å². The summed E-state index contributed by atoms with van der Waals surface area (Å²) in [5.41, 5.74) is 0. The molecule has 1 atom stereocenters. The fourth-order valence-corrected chi connectivity index (χ4v) is 1.38. The molecule has 1 N–H and O–H groups in total. The Hall–Kier alpha value is -0.940. The largest absolute Gasteiger partial charge is 0.380 e. The Morgan fingerprint density at radius 2 is 2.62 bits per heavy atom. The van der Waals surface area contributed by atoms with E-state index in [4.69, 9.17) is 9.26 Å². The zero-order valence-electron chi connectivity index (χ0n) is 7.40. The molecule has 0 aliphatic carbocycles. The standard InChI is InChI=1S/C8H13N3O2/c1(8-10-6-11-13-8)3-9-7-2-4-12-5-7/h6-7,9H,1-5H2. The molecule has 1 aliphatic rings. The van der Waals surface area contributed by atoms with Gasteiger partial charge in [0.15, 0.2) is 6.33 Å². The molecule has 0 radical (unpaired) electrons. The topological polar surface area (TPSA) is 60.2 Å². The van der Waals surface area contributed by atoms with E-state index in [1.165, 1.54) is 6.33 Å². The van der Waals surface area contributed by atoms with Gasteiger partial charge in [0.2, 0.25) is 5.89 Å². The van der Waals surface area contributed by atoms with E-state index in [1.807, 2.05) is 0 Å². The van der Waals surface area contributed by atoms with Crippen molar-refractivity contribution in [2.24, 2.45) is 0 Å². The summed E-state index contributed by atoms with van der Waals surface area (Å²) >= 11 is 0. The van der Waals surface area contributed by atoms with Gasteiger partial charge in [-0.25, -0.2) is 0 Å². The number of hydrogen-bond acceptors (Lipinski definition) is 5. The highest BCUT2D eigenvalue weighted by molar-refractivity contribution is 4.78. The van der Waals surface area contributed by atoms with Crippen LogP contribution in [0.5, 0.6) is 0 Å². The predicted octanol–water partition coefficient (Wildman–Crippen LogP) is -0.00940. The van der Waals surface area contributed by atoms with E-state index in [-0.39, 0.29) is 0 Å². The van der Waals surface area contributed by atoms with Crippen LogP contribution in [0.25, 0.3) is 0 Å². The molecule has 5 heteroatoms. The zero-order chi connectivity index (χ0) is 8.93. The van der Waals surface area contributed by atoms with E-state index < -0.39 is 0 Å². The first-order valence-corrected chi connectivity index (χ1v) is 4.52. The van der Waals surface area contributed by atoms with Gasteiger partial charge < -0.3 is 14.6 Å². The second-order valence-electron chi connectivity index (χ2n) is 3.10. The van der Waals surface area contributed by atoms with Crippen LogP contribution in [0, 0.1) is 0 Å². The fraction of sp³-hybridized carbons (Fsp3) is 0.750. The van der Waals surface area contributed by atoms with Gasteiger partial charge in [-0.2, -0.15) is 4.98 Å². The van der Waals surface area contributed by atoms with Crippen molar-refractivity contribution in [1.29, 1.82) is 0 Å². The maximum absolute atomic E-state index is 5.23. The number of aromatic nitrogens is 2. The van der Waals surface area contributed by atoms with Gasteiger partial charge >= 0.3 is 0 Å². The van der Waals surface area contributed by atoms with Crippen molar-refractivity contribution in [2.45, 2.75) is 18.9 Å². The predicted molar refractivity (Wildman–Crippen MR) is 45.2 cm³/mol. The third kappa shape index (κ3) is 2.50. The van der Waals surface area contributed by atoms with E-state index in [0.29, 0.717) is 11.9 Å². The van der Waals surface area contributed by atoms with Crippen LogP contribution in [0.3, 0.4) is 0 Å². The third-order valence-electron chi connectivity index (χ3n) is 2.11. The molecule has 0 spiro atoms. The Morgan fingerprint density at radius 1 is 1.62 bits per heavy atom. The van der Waals surface area contributed by atoms with Gasteiger partial charge in [-0.05, 0) is 6.42 Å². The minimum atomic E-state index is 0.503. The maximum atomic E-state index is 5.23. The normalized spacial score (nSPS) is 22.3. The molecule has 0 aromatic carbocycles. The van der Waals surface area contributed by atoms with Crippen LogP contribution in [0.1, 0.15) is 12.3 Å². The Morgan fingerprint density at radius 3 is 3.31 bits per heavy atom. The van der Waals surface area contributed by atoms with Gasteiger partial charge in [0.1, 0.15) is 0 Å². The summed E-state index contributed by atoms with van der Waals surface area (Å²) in [5.74, 6) is 0.686. The fourth-order valence-electron chi connectivity index (χ4n) is 1.38. The van der Waals surface area contributed by atoms with Crippen LogP contribution < -0.4 is 5.32 Å². The van der Waals surface area contributed by atoms with Gasteiger partial charge in [0.25, 0.3) is 0 Å². The SMILES string of the molecule is c1noc(CCNC2CCOC2)n1. The molecule has 72 valence electrons. The quantitative estimate of drug-likeness (QED) is 0.711. The second kappa shape index (κ2) is 4.34. The summed E-state index contributed by atoms with van der Waals surface area (Å²) in [6, 6.07) is 0.503. The summed E-state index contributed by atoms with van der Waals surface area (Å²) in [6.45, 7) is 2.57. The van der Waals surface area contributed by atoms with E-state index in [1.54, 1.807) is 0 Å². The summed E-state index contributed by atoms with van der Waals surface area (Å²) in [4.78, 5) is 3.93. The highest BCUT2D eigenvalue weighted by Crippen LogP contribution is 2.02. The molecule has 1 saturated heterocycles. The highest BCUT2D eigenvalue weighted by atomic mass is 16.5. The lowest BCUT2D eigenvalue weighted by Gasteiger charge is -2.07. The average molecular weight is 183 g/mol. The molecule has 0 saturated carbocycles. The van der Waals surface area contributed by atoms with Crippen molar-refractivity contribution in [2.75, 3.05) is 19.8 Å². The Balaban J connectivity index is 1.63. The van der Waals surface area contributed by atoms with Crippen molar-refractivity contribution in [3.8, 4) is 0 Å². The second-order valence-corrected chi connectivity index (χ2v) is 3.10. The minimum absolute atomic E-state index is 0.503. The zero-order valence-corrected chi connectivity index (χ0v) is 7.40. The van der Waals surface area contributed by atoms with Gasteiger partial charge in [-0.3, -0.25) is 0 Å². The van der Waals surface area contributed by atoms with E-state index in [0.717, 1.165) is 32.6 Å². The Labute approximate surface area is 76.5 Å². The third-order valence-corrected chi connectivity index (χ3v) is 2.11. The molecule has 1 fully saturated rings. The van der Waals surface area contributed by atoms with Gasteiger partial charge in [0, 0.05) is 25.6 Å². The molecule has 13 heavy (non-hydrogen) atoms. The molecule has 0 bridgehead atoms. The lowest BCUT2D eigenvalue weighted by atomic mass is 10.2. The maximum Gasteiger partial charge on any atom is 0.227 e. The van der Waals surface area contributed by atoms with Crippen LogP contribution in [0.15, 0.2) is 10.9 Å². The van der Waals surface area contributed by atoms with E-state index in [9.17, 15) is 0 Å². The van der Waals surface area contributed by atoms with Crippen LogP contribution in [-0.4, -0.2) is 35.9 Å². The Bertz CT molecular complexity index is 232. The number of hydrogen-bond donors (Lipinski definition) is 1. The first-order chi connectivity index (χ1) is 6.45. The van der Waals surface area contributed by atoms with Crippen LogP contribution in [0.2, 0.25) is 0 Å². The van der Waals surface area contributed by atoms with E-state index >= 15 is 0 Å². The van der Waals surface area contributed by atoms with Crippen molar-refractivity contribution >= 4 is 0 Å². The van der Waals surface area contributed by atoms with Crippen molar-refractivity contribution < 1.29 is 9.26 Å². The van der Waals surface area contributed by atoms with Crippen LogP contribution in [0.4, 0.5) is 0 Å². The molecule has 2 heterocycles. The van der Waals surface area contributed by atoms with Gasteiger partial charge in [-0.1, -0.05) is 5.16 Å². The summed E-state index contributed by atoms with van der Waals surface area (Å²) < 4.78 is 10.1. The first kappa shape index (κ1) is 8.65. The molecule has 1 aromatic rings. The van der Waals surface area contributed by atoms with E-state index in [2.05, 4.69) is 15.5 Å². The number of rotatable bonds is 4. The molecular formula is C8H13N3O2. The highest BCUT2D eigenvalue weighted by Gasteiger charge is 2.14. The lowest BCUT2D eigenvalue weighted by molar-refractivity contribution is 0.190. The molecule has 1 aromatic heterocycles. The number of ether oxygens (including phenoxy) is 1. The van der Waals surface area contributed by atoms with Crippen molar-refractivity contribution in [1.82, 2.24) is 15.5 Å². The lowest BCUT2D eigenvalue weighted by Crippen LogP contribution is -2.30. The summed E-state index contributed by atoms with van der Waals surface area (Å²) in [5, 5.41) is 6.90. The molecule has 1 unspecified atom stereocenters. The van der Waals surface area contributed by atoms with Crippen LogP contribution >= 0.6 is 0 Å². The van der Waals surface area contributed by atoms with Crippen LogP contribution in [-0.2, 0) is 11.2 Å². The minimum Gasteiger partial charge on any atom is -0.380 e. The Kier molecular flexibility index (Phi) is 2.89. The van der Waals surface area contributed by atoms with Gasteiger partial charge in [-0.15, -0.1) is 0 Å². The smallest absolute Gasteiger partial charge is 0.227 e.